The number of hydrogen-bond donors (Lipinski definition) is 3. The van der Waals surface area contributed by atoms with Crippen molar-refractivity contribution in [1.82, 2.24) is 5.32 Å². The van der Waals surface area contributed by atoms with Crippen molar-refractivity contribution in [3.63, 3.8) is 0 Å². The number of ether oxygens (including phenoxy) is 1. The smallest absolute Gasteiger partial charge is 0.325 e. The van der Waals surface area contributed by atoms with E-state index in [-0.39, 0.29) is 12.5 Å². The van der Waals surface area contributed by atoms with Crippen LogP contribution in [0, 0.1) is 0 Å². The molecule has 1 atom stereocenters. The van der Waals surface area contributed by atoms with Gasteiger partial charge in [0.1, 0.15) is 11.8 Å². The number of nitrogens with one attached hydrogen (secondary N) is 2. The molecule has 0 aromatic heterocycles. The summed E-state index contributed by atoms with van der Waals surface area (Å²) >= 11 is 0. The first-order valence-corrected chi connectivity index (χ1v) is 8.92. The van der Waals surface area contributed by atoms with Crippen LogP contribution in [0.3, 0.4) is 0 Å². The summed E-state index contributed by atoms with van der Waals surface area (Å²) in [5, 5.41) is 13.9. The molecule has 7 nitrogen and oxygen atoms in total. The number of amides is 2. The van der Waals surface area contributed by atoms with Crippen LogP contribution in [-0.2, 0) is 9.59 Å². The van der Waals surface area contributed by atoms with Gasteiger partial charge in [-0.1, -0.05) is 26.0 Å². The van der Waals surface area contributed by atoms with E-state index in [0.717, 1.165) is 0 Å². The third kappa shape index (κ3) is 6.12. The molecule has 1 unspecified atom stereocenters. The number of hydrogen-bond acceptors (Lipinski definition) is 4. The molecule has 0 heterocycles. The number of rotatable bonds is 8. The van der Waals surface area contributed by atoms with Crippen molar-refractivity contribution in [3.8, 4) is 5.75 Å². The Morgan fingerprint density at radius 3 is 2.11 bits per heavy atom. The van der Waals surface area contributed by atoms with Crippen LogP contribution < -0.4 is 15.4 Å². The highest BCUT2D eigenvalue weighted by atomic mass is 16.5. The van der Waals surface area contributed by atoms with E-state index in [1.807, 2.05) is 24.3 Å². The standard InChI is InChI=1S/C21H24N2O5/c1-13(2)15-6-10-18(11-7-15)28-12-19(24)23-17-8-4-16(5-9-17)20(25)22-14(3)21(26)27/h4-11,13-14H,12H2,1-3H3,(H,22,25)(H,23,24)(H,26,27). The van der Waals surface area contributed by atoms with Gasteiger partial charge in [-0.05, 0) is 54.8 Å². The molecule has 2 aromatic carbocycles. The zero-order chi connectivity index (χ0) is 20.7. The van der Waals surface area contributed by atoms with Crippen LogP contribution in [0.5, 0.6) is 5.75 Å². The molecule has 0 saturated carbocycles. The molecule has 2 aromatic rings. The Balaban J connectivity index is 1.85. The molecule has 0 saturated heterocycles. The maximum Gasteiger partial charge on any atom is 0.325 e. The Hall–Kier alpha value is -3.35. The second-order valence-corrected chi connectivity index (χ2v) is 6.67. The van der Waals surface area contributed by atoms with Crippen molar-refractivity contribution in [3.05, 3.63) is 59.7 Å². The lowest BCUT2D eigenvalue weighted by molar-refractivity contribution is -0.138. The van der Waals surface area contributed by atoms with Crippen molar-refractivity contribution in [2.75, 3.05) is 11.9 Å². The second kappa shape index (κ2) is 9.55. The number of carboxylic acids is 1. The third-order valence-electron chi connectivity index (χ3n) is 4.07. The van der Waals surface area contributed by atoms with Crippen LogP contribution >= 0.6 is 0 Å². The first kappa shape index (κ1) is 21.0. The van der Waals surface area contributed by atoms with Gasteiger partial charge in [0.15, 0.2) is 6.61 Å². The highest BCUT2D eigenvalue weighted by Gasteiger charge is 2.15. The minimum absolute atomic E-state index is 0.139. The molecule has 0 bridgehead atoms. The van der Waals surface area contributed by atoms with E-state index < -0.39 is 17.9 Å². The lowest BCUT2D eigenvalue weighted by atomic mass is 10.0. The SMILES string of the molecule is CC(NC(=O)c1ccc(NC(=O)COc2ccc(C(C)C)cc2)cc1)C(=O)O. The van der Waals surface area contributed by atoms with Crippen molar-refractivity contribution in [1.29, 1.82) is 0 Å². The Morgan fingerprint density at radius 2 is 1.57 bits per heavy atom. The Morgan fingerprint density at radius 1 is 0.964 bits per heavy atom. The molecule has 7 heteroatoms. The van der Waals surface area contributed by atoms with Crippen molar-refractivity contribution in [2.24, 2.45) is 0 Å². The molecular formula is C21H24N2O5. The van der Waals surface area contributed by atoms with Crippen LogP contribution in [0.4, 0.5) is 5.69 Å². The minimum atomic E-state index is -1.11. The Bertz CT molecular complexity index is 829. The molecule has 28 heavy (non-hydrogen) atoms. The molecule has 0 fully saturated rings. The Labute approximate surface area is 163 Å². The average Bonchev–Trinajstić information content (AvgIpc) is 2.67. The zero-order valence-corrected chi connectivity index (χ0v) is 16.1. The molecule has 2 amide bonds. The summed E-state index contributed by atoms with van der Waals surface area (Å²) in [6, 6.07) is 12.7. The number of benzene rings is 2. The van der Waals surface area contributed by atoms with Crippen LogP contribution in [0.25, 0.3) is 0 Å². The largest absolute Gasteiger partial charge is 0.484 e. The predicted molar refractivity (Wildman–Crippen MR) is 106 cm³/mol. The topological polar surface area (TPSA) is 105 Å². The number of aliphatic carboxylic acids is 1. The summed E-state index contributed by atoms with van der Waals surface area (Å²) in [6.07, 6.45) is 0. The summed E-state index contributed by atoms with van der Waals surface area (Å²) in [7, 11) is 0. The average molecular weight is 384 g/mol. The predicted octanol–water partition coefficient (Wildman–Crippen LogP) is 3.03. The van der Waals surface area contributed by atoms with Crippen LogP contribution in [0.1, 0.15) is 42.6 Å². The van der Waals surface area contributed by atoms with E-state index in [2.05, 4.69) is 24.5 Å². The molecule has 148 valence electrons. The molecule has 0 radical (unpaired) electrons. The highest BCUT2D eigenvalue weighted by Crippen LogP contribution is 2.18. The van der Waals surface area contributed by atoms with E-state index in [9.17, 15) is 14.4 Å². The summed E-state index contributed by atoms with van der Waals surface area (Å²) < 4.78 is 5.47. The first-order chi connectivity index (χ1) is 13.3. The van der Waals surface area contributed by atoms with Gasteiger partial charge < -0.3 is 20.5 Å². The molecule has 0 aliphatic rings. The number of anilines is 1. The molecule has 0 spiro atoms. The zero-order valence-electron chi connectivity index (χ0n) is 16.1. The second-order valence-electron chi connectivity index (χ2n) is 6.67. The first-order valence-electron chi connectivity index (χ1n) is 8.92. The molecular weight excluding hydrogens is 360 g/mol. The lowest BCUT2D eigenvalue weighted by Crippen LogP contribution is -2.38. The van der Waals surface area contributed by atoms with E-state index in [1.165, 1.54) is 24.6 Å². The van der Waals surface area contributed by atoms with Gasteiger partial charge in [-0.3, -0.25) is 14.4 Å². The minimum Gasteiger partial charge on any atom is -0.484 e. The maximum atomic E-state index is 12.0. The van der Waals surface area contributed by atoms with Gasteiger partial charge >= 0.3 is 5.97 Å². The fourth-order valence-corrected chi connectivity index (χ4v) is 2.34. The fourth-order valence-electron chi connectivity index (χ4n) is 2.34. The van der Waals surface area contributed by atoms with Gasteiger partial charge in [0, 0.05) is 11.3 Å². The quantitative estimate of drug-likeness (QED) is 0.649. The number of carbonyl (C=O) groups excluding carboxylic acids is 2. The van der Waals surface area contributed by atoms with Gasteiger partial charge in [-0.25, -0.2) is 0 Å². The normalized spacial score (nSPS) is 11.6. The Kier molecular flexibility index (Phi) is 7.14. The molecule has 2 rings (SSSR count). The van der Waals surface area contributed by atoms with Gasteiger partial charge in [0.05, 0.1) is 0 Å². The summed E-state index contributed by atoms with van der Waals surface area (Å²) in [5.74, 6) is -0.907. The van der Waals surface area contributed by atoms with Crippen LogP contribution in [-0.4, -0.2) is 35.5 Å². The van der Waals surface area contributed by atoms with Crippen molar-refractivity contribution < 1.29 is 24.2 Å². The number of carbonyl (C=O) groups is 3. The molecule has 3 N–H and O–H groups in total. The third-order valence-corrected chi connectivity index (χ3v) is 4.07. The van der Waals surface area contributed by atoms with Crippen molar-refractivity contribution in [2.45, 2.75) is 32.7 Å². The van der Waals surface area contributed by atoms with E-state index in [1.54, 1.807) is 12.1 Å². The van der Waals surface area contributed by atoms with Crippen molar-refractivity contribution >= 4 is 23.5 Å². The van der Waals surface area contributed by atoms with E-state index in [0.29, 0.717) is 22.9 Å². The molecule has 0 aliphatic heterocycles. The van der Waals surface area contributed by atoms with Gasteiger partial charge in [0.2, 0.25) is 0 Å². The summed E-state index contributed by atoms with van der Waals surface area (Å²) in [6.45, 7) is 5.44. The van der Waals surface area contributed by atoms with E-state index in [4.69, 9.17) is 9.84 Å². The number of carboxylic acid groups (broad SMARTS) is 1. The monoisotopic (exact) mass is 384 g/mol. The van der Waals surface area contributed by atoms with Crippen LogP contribution in [0.2, 0.25) is 0 Å². The highest BCUT2D eigenvalue weighted by molar-refractivity contribution is 5.97. The van der Waals surface area contributed by atoms with Gasteiger partial charge in [-0.2, -0.15) is 0 Å². The van der Waals surface area contributed by atoms with Gasteiger partial charge in [0.25, 0.3) is 11.8 Å². The summed E-state index contributed by atoms with van der Waals surface area (Å²) in [4.78, 5) is 34.7. The van der Waals surface area contributed by atoms with Gasteiger partial charge in [-0.15, -0.1) is 0 Å². The fraction of sp³-hybridized carbons (Fsp3) is 0.286. The lowest BCUT2D eigenvalue weighted by Gasteiger charge is -2.11. The van der Waals surface area contributed by atoms with E-state index >= 15 is 0 Å². The maximum absolute atomic E-state index is 12.0. The summed E-state index contributed by atoms with van der Waals surface area (Å²) in [5.41, 5.74) is 2.00. The van der Waals surface area contributed by atoms with Crippen LogP contribution in [0.15, 0.2) is 48.5 Å². The molecule has 0 aliphatic carbocycles.